The number of benzene rings is 3. The summed E-state index contributed by atoms with van der Waals surface area (Å²) in [5.74, 6) is 0.847. The van der Waals surface area contributed by atoms with Gasteiger partial charge < -0.3 is 54.3 Å². The number of ether oxygens (including phenoxy) is 2. The second kappa shape index (κ2) is 32.8. The number of hydrogen-bond acceptors (Lipinski definition) is 19. The fourth-order valence-electron chi connectivity index (χ4n) is 12.9. The minimum Gasteiger partial charge on any atom is -0.474 e. The molecule has 8 aliphatic rings. The van der Waals surface area contributed by atoms with Crippen molar-refractivity contribution < 1.29 is 103 Å². The van der Waals surface area contributed by atoms with Crippen LogP contribution in [0.2, 0.25) is 10.6 Å². The van der Waals surface area contributed by atoms with Gasteiger partial charge >= 0.3 is 25.6 Å². The molecule has 8 aliphatic heterocycles. The Hall–Kier alpha value is -9.17. The van der Waals surface area contributed by atoms with E-state index >= 15 is 0 Å². The van der Waals surface area contributed by atoms with Gasteiger partial charge in [-0.05, 0) is 164 Å². The smallest absolute Gasteiger partial charge is 0.474 e. The fraction of sp³-hybridized carbons (Fsp3) is 0.366. The standard InChI is InChI=1S/C25H21F3N6O3.C16H22BNO3.C15H11ClF3N3O.C10H11N3O2.C5HBrClF3N2.Pd/c26-25(27,28)22-18(14-3-5-16(6-4-14)33-9-1-2-20(33)35)12-30-24(32-22)31-15-10-19-23(29-11-15)37-13-17-7-8-21(36)34(17)19;1-15(2)16(3,4)21-17(20-15)12-7-9-13(10-8-12)18-11-5-6-14(18)19;16-14-20-8-11(13(21-14)15(17,18)19)9-3-5-10(6-4-9)22-7-1-2-12(22)23;11-6-3-8-10(12-4-6)15-5-7-1-2-9(14)13(7)8;6-2-1-11-4(7)12-3(2)5(8,9)10;/h3-6,10-12,17H,1-2,7-9,13H2,(H,30,31,32);7-10H,5-6,11H2,1-4H3;3-6,8H,1-2,7H2;3-4,7H,1-2,5,11H2;1H;. The van der Waals surface area contributed by atoms with Crippen LogP contribution in [-0.4, -0.2) is 133 Å². The molecule has 0 aliphatic carbocycles. The zero-order valence-corrected chi connectivity index (χ0v) is 62.9. The van der Waals surface area contributed by atoms with E-state index in [2.05, 4.69) is 61.1 Å². The average Bonchev–Trinajstić information content (AvgIpc) is 1.71. The zero-order valence-electron chi connectivity index (χ0n) is 58.2. The summed E-state index contributed by atoms with van der Waals surface area (Å²) in [7, 11) is -0.349. The van der Waals surface area contributed by atoms with Gasteiger partial charge in [-0.15, -0.1) is 0 Å². The van der Waals surface area contributed by atoms with E-state index in [1.807, 2.05) is 56.9 Å². The quantitative estimate of drug-likeness (QED) is 0.0812. The minimum absolute atomic E-state index is 0. The van der Waals surface area contributed by atoms with E-state index in [1.165, 1.54) is 30.5 Å². The first-order valence-electron chi connectivity index (χ1n) is 33.9. The van der Waals surface area contributed by atoms with Crippen LogP contribution in [0.15, 0.2) is 120 Å². The summed E-state index contributed by atoms with van der Waals surface area (Å²) < 4.78 is 140. The molecule has 2 atom stereocenters. The van der Waals surface area contributed by atoms with Crippen LogP contribution in [0.1, 0.15) is 109 Å². The number of anilines is 8. The zero-order chi connectivity index (χ0) is 77.4. The van der Waals surface area contributed by atoms with Crippen molar-refractivity contribution in [2.24, 2.45) is 0 Å². The number of aromatic nitrogens is 8. The van der Waals surface area contributed by atoms with Gasteiger partial charge in [0.15, 0.2) is 17.1 Å². The molecule has 0 radical (unpaired) electrons. The summed E-state index contributed by atoms with van der Waals surface area (Å²) in [5, 5.41) is 1.89. The number of nitrogen functional groups attached to an aromatic ring is 1. The number of nitrogens with one attached hydrogen (secondary N) is 1. The van der Waals surface area contributed by atoms with E-state index in [1.54, 1.807) is 62.2 Å². The van der Waals surface area contributed by atoms with Crippen LogP contribution in [0.25, 0.3) is 22.3 Å². The van der Waals surface area contributed by atoms with E-state index in [9.17, 15) is 63.5 Å². The molecule has 5 amide bonds. The van der Waals surface area contributed by atoms with E-state index in [0.29, 0.717) is 116 Å². The molecule has 0 saturated carbocycles. The Labute approximate surface area is 649 Å². The van der Waals surface area contributed by atoms with E-state index in [-0.39, 0.29) is 107 Å². The maximum Gasteiger partial charge on any atom is 0.494 e. The van der Waals surface area contributed by atoms with Crippen molar-refractivity contribution in [3.8, 4) is 34.0 Å². The Balaban J connectivity index is 0.000000143. The number of pyridine rings is 2. The molecule has 2 unspecified atom stereocenters. The van der Waals surface area contributed by atoms with E-state index in [4.69, 9.17) is 47.7 Å². The van der Waals surface area contributed by atoms with Gasteiger partial charge in [0.25, 0.3) is 0 Å². The second-order valence-corrected chi connectivity index (χ2v) is 28.2. The molecule has 576 valence electrons. The molecule has 13 heterocycles. The number of carbonyl (C=O) groups is 5. The molecule has 109 heavy (non-hydrogen) atoms. The molecule has 24 nitrogen and oxygen atoms in total. The summed E-state index contributed by atoms with van der Waals surface area (Å²) in [5.41, 5.74) is 7.31. The predicted octanol–water partition coefficient (Wildman–Crippen LogP) is 13.8. The van der Waals surface area contributed by atoms with Crippen molar-refractivity contribution in [2.45, 2.75) is 134 Å². The molecule has 8 aromatic rings. The molecular formula is C71H66BBrCl2F9N15O9Pd. The van der Waals surface area contributed by atoms with Crippen molar-refractivity contribution in [3.63, 3.8) is 0 Å². The van der Waals surface area contributed by atoms with E-state index < -0.39 is 46.2 Å². The van der Waals surface area contributed by atoms with E-state index in [0.717, 1.165) is 62.0 Å². The fourth-order valence-corrected chi connectivity index (χ4v) is 13.6. The van der Waals surface area contributed by atoms with Gasteiger partial charge in [-0.1, -0.05) is 36.4 Å². The van der Waals surface area contributed by atoms with Gasteiger partial charge in [0, 0.05) is 119 Å². The van der Waals surface area contributed by atoms with Gasteiger partial charge in [-0.3, -0.25) is 24.0 Å². The van der Waals surface area contributed by atoms with Crippen molar-refractivity contribution >= 4 is 127 Å². The molecule has 16 rings (SSSR count). The third-order valence-electron chi connectivity index (χ3n) is 18.9. The number of rotatable bonds is 8. The van der Waals surface area contributed by atoms with Crippen molar-refractivity contribution in [3.05, 3.63) is 148 Å². The molecule has 0 bridgehead atoms. The molecule has 38 heteroatoms. The van der Waals surface area contributed by atoms with Crippen LogP contribution >= 0.6 is 39.1 Å². The number of carbonyl (C=O) groups excluding carboxylic acids is 5. The SMILES string of the molecule is CC1(C)OB(c2ccc(N3CCCC3=O)cc2)OC1(C)C.FC(F)(F)c1nc(Cl)ncc1Br.Nc1cnc2c(c1)N1C(=O)CCC1CO2.O=C1CCCN1c1ccc(-c2cnc(Cl)nc2C(F)(F)F)cc1.O=C1CCCN1c1ccc(-c2cnc(Nc3cnc4c(c3)N3C(=O)CCC3CO4)nc2C(F)(F)F)cc1.[Pd]. The van der Waals surface area contributed by atoms with Gasteiger partial charge in [0.2, 0.25) is 57.8 Å². The van der Waals surface area contributed by atoms with Crippen LogP contribution in [0.5, 0.6) is 11.8 Å². The first-order valence-corrected chi connectivity index (χ1v) is 35.4. The minimum atomic E-state index is -4.74. The number of nitrogens with two attached hydrogens (primary N) is 1. The predicted molar refractivity (Wildman–Crippen MR) is 385 cm³/mol. The van der Waals surface area contributed by atoms with Crippen LogP contribution in [-0.2, 0) is 72.2 Å². The summed E-state index contributed by atoms with van der Waals surface area (Å²) in [4.78, 5) is 97.4. The number of alkyl halides is 9. The summed E-state index contributed by atoms with van der Waals surface area (Å²) in [6.07, 6.45) is -1.23. The van der Waals surface area contributed by atoms with Crippen molar-refractivity contribution in [1.29, 1.82) is 0 Å². The third kappa shape index (κ3) is 18.3. The monoisotopic (exact) mass is 1710 g/mol. The van der Waals surface area contributed by atoms with Gasteiger partial charge in [-0.2, -0.15) is 39.5 Å². The topological polar surface area (TPSA) is 280 Å². The maximum atomic E-state index is 14.0. The molecule has 0 spiro atoms. The summed E-state index contributed by atoms with van der Waals surface area (Å²) in [6.45, 7) is 11.1. The molecule has 3 aromatic carbocycles. The maximum absolute atomic E-state index is 14.0. The van der Waals surface area contributed by atoms with Gasteiger partial charge in [0.1, 0.15) is 24.6 Å². The Morgan fingerprint density at radius 1 is 0.514 bits per heavy atom. The van der Waals surface area contributed by atoms with Crippen LogP contribution in [0.4, 0.5) is 85.3 Å². The number of nitrogens with zero attached hydrogens (tertiary/aromatic N) is 13. The number of halogens is 12. The first kappa shape index (κ1) is 80.8. The Morgan fingerprint density at radius 3 is 1.35 bits per heavy atom. The number of amides is 5. The first-order chi connectivity index (χ1) is 51.1. The molecule has 6 saturated heterocycles. The van der Waals surface area contributed by atoms with Crippen LogP contribution < -0.4 is 50.5 Å². The summed E-state index contributed by atoms with van der Waals surface area (Å²) >= 11 is 13.3. The normalized spacial score (nSPS) is 18.8. The largest absolute Gasteiger partial charge is 0.494 e. The Bertz CT molecular complexity index is 4720. The van der Waals surface area contributed by atoms with Crippen LogP contribution in [0.3, 0.4) is 0 Å². The molecule has 5 aromatic heterocycles. The average molecular weight is 1710 g/mol. The van der Waals surface area contributed by atoms with Crippen LogP contribution in [0, 0.1) is 0 Å². The molecular weight excluding hydrogens is 1650 g/mol. The van der Waals surface area contributed by atoms with Crippen molar-refractivity contribution in [2.75, 3.05) is 68.4 Å². The molecule has 6 fully saturated rings. The van der Waals surface area contributed by atoms with Gasteiger partial charge in [0.05, 0.1) is 51.5 Å². The number of hydrogen-bond donors (Lipinski definition) is 2. The van der Waals surface area contributed by atoms with Gasteiger partial charge in [-0.25, -0.2) is 39.9 Å². The third-order valence-corrected chi connectivity index (χ3v) is 19.9. The number of fused-ring (bicyclic) bond motifs is 6. The Morgan fingerprint density at radius 2 is 0.917 bits per heavy atom. The summed E-state index contributed by atoms with van der Waals surface area (Å²) in [6, 6.07) is 23.9. The van der Waals surface area contributed by atoms with Crippen molar-refractivity contribution in [1.82, 2.24) is 39.9 Å². The Kier molecular flexibility index (Phi) is 24.3. The second-order valence-electron chi connectivity index (χ2n) is 26.7. The molecule has 3 N–H and O–H groups in total.